The fourth-order valence-electron chi connectivity index (χ4n) is 1.62. The zero-order chi connectivity index (χ0) is 13.2. The first kappa shape index (κ1) is 12.9. The largest absolute Gasteiger partial charge is 0.573 e. The first-order valence-corrected chi connectivity index (χ1v) is 6.00. The maximum atomic E-state index is 12.1. The van der Waals surface area contributed by atoms with E-state index in [4.69, 9.17) is 5.73 Å². The lowest BCUT2D eigenvalue weighted by Crippen LogP contribution is -2.17. The van der Waals surface area contributed by atoms with Crippen LogP contribution in [0.4, 0.5) is 13.2 Å². The number of hydrogen-bond acceptors (Lipinski definition) is 3. The SMILES string of the molecule is NCc1sccc1-c1cccc(OC(F)(F)F)c1. The van der Waals surface area contributed by atoms with Crippen LogP contribution >= 0.6 is 11.3 Å². The Labute approximate surface area is 106 Å². The summed E-state index contributed by atoms with van der Waals surface area (Å²) in [5.74, 6) is -0.228. The molecule has 0 fully saturated rings. The molecule has 18 heavy (non-hydrogen) atoms. The lowest BCUT2D eigenvalue weighted by Gasteiger charge is -2.10. The normalized spacial score (nSPS) is 11.6. The van der Waals surface area contributed by atoms with Crippen LogP contribution in [0.15, 0.2) is 35.7 Å². The average molecular weight is 273 g/mol. The summed E-state index contributed by atoms with van der Waals surface area (Å²) in [7, 11) is 0. The van der Waals surface area contributed by atoms with E-state index in [0.29, 0.717) is 12.1 Å². The molecule has 0 saturated carbocycles. The second kappa shape index (κ2) is 4.99. The number of benzene rings is 1. The topological polar surface area (TPSA) is 35.2 Å². The third-order valence-electron chi connectivity index (χ3n) is 2.31. The van der Waals surface area contributed by atoms with Crippen LogP contribution in [0.25, 0.3) is 11.1 Å². The molecule has 2 nitrogen and oxygen atoms in total. The molecule has 0 aliphatic heterocycles. The van der Waals surface area contributed by atoms with Gasteiger partial charge in [-0.15, -0.1) is 24.5 Å². The third kappa shape index (κ3) is 3.02. The summed E-state index contributed by atoms with van der Waals surface area (Å²) >= 11 is 1.48. The summed E-state index contributed by atoms with van der Waals surface area (Å²) < 4.78 is 40.2. The summed E-state index contributed by atoms with van der Waals surface area (Å²) in [6.45, 7) is 0.358. The maximum absolute atomic E-state index is 12.1. The van der Waals surface area contributed by atoms with Crippen LogP contribution in [-0.4, -0.2) is 6.36 Å². The van der Waals surface area contributed by atoms with Crippen molar-refractivity contribution in [3.05, 3.63) is 40.6 Å². The second-order valence-corrected chi connectivity index (χ2v) is 4.54. The van der Waals surface area contributed by atoms with Crippen molar-refractivity contribution in [1.29, 1.82) is 0 Å². The van der Waals surface area contributed by atoms with Crippen molar-refractivity contribution in [3.63, 3.8) is 0 Å². The van der Waals surface area contributed by atoms with Crippen molar-refractivity contribution in [2.45, 2.75) is 12.9 Å². The quantitative estimate of drug-likeness (QED) is 0.923. The van der Waals surface area contributed by atoms with Gasteiger partial charge < -0.3 is 10.5 Å². The van der Waals surface area contributed by atoms with Gasteiger partial charge in [-0.05, 0) is 34.7 Å². The van der Waals surface area contributed by atoms with Gasteiger partial charge in [0.2, 0.25) is 0 Å². The molecule has 2 N–H and O–H groups in total. The molecule has 0 amide bonds. The Morgan fingerprint density at radius 2 is 2.00 bits per heavy atom. The Morgan fingerprint density at radius 1 is 1.22 bits per heavy atom. The molecule has 96 valence electrons. The van der Waals surface area contributed by atoms with Crippen molar-refractivity contribution in [3.8, 4) is 16.9 Å². The maximum Gasteiger partial charge on any atom is 0.573 e. The molecule has 0 bridgehead atoms. The van der Waals surface area contributed by atoms with E-state index in [0.717, 1.165) is 10.4 Å². The van der Waals surface area contributed by atoms with E-state index in [2.05, 4.69) is 4.74 Å². The molecular formula is C12H10F3NOS. The Kier molecular flexibility index (Phi) is 3.58. The lowest BCUT2D eigenvalue weighted by molar-refractivity contribution is -0.274. The predicted molar refractivity (Wildman–Crippen MR) is 64.3 cm³/mol. The minimum absolute atomic E-state index is 0.228. The van der Waals surface area contributed by atoms with E-state index in [1.54, 1.807) is 6.07 Å². The monoisotopic (exact) mass is 273 g/mol. The Bertz CT molecular complexity index is 536. The number of ether oxygens (including phenoxy) is 1. The second-order valence-electron chi connectivity index (χ2n) is 3.54. The molecule has 0 atom stereocenters. The summed E-state index contributed by atoms with van der Waals surface area (Å²) in [5, 5.41) is 1.86. The molecule has 0 aliphatic carbocycles. The molecule has 0 saturated heterocycles. The summed E-state index contributed by atoms with van der Waals surface area (Å²) in [6, 6.07) is 7.71. The van der Waals surface area contributed by atoms with Gasteiger partial charge in [0.05, 0.1) is 0 Å². The van der Waals surface area contributed by atoms with E-state index >= 15 is 0 Å². The number of rotatable bonds is 3. The number of thiophene rings is 1. The van der Waals surface area contributed by atoms with Crippen LogP contribution in [-0.2, 0) is 6.54 Å². The van der Waals surface area contributed by atoms with E-state index in [-0.39, 0.29) is 5.75 Å². The highest BCUT2D eigenvalue weighted by molar-refractivity contribution is 7.10. The molecule has 2 aromatic rings. The first-order valence-electron chi connectivity index (χ1n) is 5.12. The number of nitrogens with two attached hydrogens (primary N) is 1. The van der Waals surface area contributed by atoms with Crippen molar-refractivity contribution in [2.24, 2.45) is 5.73 Å². The average Bonchev–Trinajstić information content (AvgIpc) is 2.75. The smallest absolute Gasteiger partial charge is 0.406 e. The van der Waals surface area contributed by atoms with Crippen LogP contribution in [0.5, 0.6) is 5.75 Å². The van der Waals surface area contributed by atoms with E-state index < -0.39 is 6.36 Å². The zero-order valence-corrected chi connectivity index (χ0v) is 10.0. The standard InChI is InChI=1S/C12H10F3NOS/c13-12(14,15)17-9-3-1-2-8(6-9)10-4-5-18-11(10)7-16/h1-6H,7,16H2. The highest BCUT2D eigenvalue weighted by Gasteiger charge is 2.31. The zero-order valence-electron chi connectivity index (χ0n) is 9.20. The molecular weight excluding hydrogens is 263 g/mol. The van der Waals surface area contributed by atoms with E-state index in [1.165, 1.54) is 29.5 Å². The van der Waals surface area contributed by atoms with E-state index in [1.807, 2.05) is 11.4 Å². The molecule has 1 aromatic heterocycles. The summed E-state index contributed by atoms with van der Waals surface area (Å²) in [5.41, 5.74) is 7.08. The number of halogens is 3. The molecule has 0 radical (unpaired) electrons. The van der Waals surface area contributed by atoms with Crippen LogP contribution in [0, 0.1) is 0 Å². The Morgan fingerprint density at radius 3 is 2.67 bits per heavy atom. The van der Waals surface area contributed by atoms with Gasteiger partial charge in [0.25, 0.3) is 0 Å². The fourth-order valence-corrected chi connectivity index (χ4v) is 2.39. The molecule has 0 spiro atoms. The van der Waals surface area contributed by atoms with Gasteiger partial charge in [-0.3, -0.25) is 0 Å². The highest BCUT2D eigenvalue weighted by atomic mass is 32.1. The van der Waals surface area contributed by atoms with Gasteiger partial charge in [-0.25, -0.2) is 0 Å². The molecule has 0 unspecified atom stereocenters. The molecule has 1 aromatic carbocycles. The molecule has 1 heterocycles. The van der Waals surface area contributed by atoms with Gasteiger partial charge >= 0.3 is 6.36 Å². The van der Waals surface area contributed by atoms with Crippen LogP contribution in [0.2, 0.25) is 0 Å². The minimum atomic E-state index is -4.68. The van der Waals surface area contributed by atoms with Crippen molar-refractivity contribution in [1.82, 2.24) is 0 Å². The minimum Gasteiger partial charge on any atom is -0.406 e. The lowest BCUT2D eigenvalue weighted by atomic mass is 10.1. The van der Waals surface area contributed by atoms with Crippen LogP contribution < -0.4 is 10.5 Å². The molecule has 2 rings (SSSR count). The fraction of sp³-hybridized carbons (Fsp3) is 0.167. The number of hydrogen-bond donors (Lipinski definition) is 1. The van der Waals surface area contributed by atoms with Crippen molar-refractivity contribution < 1.29 is 17.9 Å². The van der Waals surface area contributed by atoms with Gasteiger partial charge in [-0.2, -0.15) is 0 Å². The van der Waals surface area contributed by atoms with Gasteiger partial charge in [0.15, 0.2) is 0 Å². The molecule has 0 aliphatic rings. The third-order valence-corrected chi connectivity index (χ3v) is 3.25. The Balaban J connectivity index is 2.33. The molecule has 6 heteroatoms. The van der Waals surface area contributed by atoms with Crippen molar-refractivity contribution in [2.75, 3.05) is 0 Å². The summed E-state index contributed by atoms with van der Waals surface area (Å²) in [4.78, 5) is 0.930. The Hall–Kier alpha value is -1.53. The van der Waals surface area contributed by atoms with Crippen LogP contribution in [0.1, 0.15) is 4.88 Å². The van der Waals surface area contributed by atoms with Crippen LogP contribution in [0.3, 0.4) is 0 Å². The van der Waals surface area contributed by atoms with Gasteiger partial charge in [0.1, 0.15) is 5.75 Å². The van der Waals surface area contributed by atoms with Crippen molar-refractivity contribution >= 4 is 11.3 Å². The first-order chi connectivity index (χ1) is 8.49. The summed E-state index contributed by atoms with van der Waals surface area (Å²) in [6.07, 6.45) is -4.68. The van der Waals surface area contributed by atoms with Gasteiger partial charge in [-0.1, -0.05) is 12.1 Å². The van der Waals surface area contributed by atoms with E-state index in [9.17, 15) is 13.2 Å². The highest BCUT2D eigenvalue weighted by Crippen LogP contribution is 2.31. The number of alkyl halides is 3. The predicted octanol–water partition coefficient (Wildman–Crippen LogP) is 3.77. The van der Waals surface area contributed by atoms with Gasteiger partial charge in [0, 0.05) is 11.4 Å².